The van der Waals surface area contributed by atoms with Crippen LogP contribution < -0.4 is 11.5 Å². The van der Waals surface area contributed by atoms with Crippen molar-refractivity contribution in [2.75, 3.05) is 19.4 Å². The molecule has 2 aromatic rings. The summed E-state index contributed by atoms with van der Waals surface area (Å²) in [5, 5.41) is 1.60. The lowest BCUT2D eigenvalue weighted by Crippen LogP contribution is -2.35. The number of hydrogen-bond donors (Lipinski definition) is 2. The highest BCUT2D eigenvalue weighted by Gasteiger charge is 2.36. The molecule has 0 radical (unpaired) electrons. The molecule has 114 valence electrons. The number of nitrogens with two attached hydrogens (primary N) is 2. The lowest BCUT2D eigenvalue weighted by molar-refractivity contribution is -0.0664. The van der Waals surface area contributed by atoms with Crippen molar-refractivity contribution in [3.63, 3.8) is 0 Å². The zero-order chi connectivity index (χ0) is 15.7. The van der Waals surface area contributed by atoms with Crippen molar-refractivity contribution in [3.05, 3.63) is 54.1 Å². The monoisotopic (exact) mass is 296 g/mol. The van der Waals surface area contributed by atoms with Crippen LogP contribution in [0.5, 0.6) is 0 Å². The number of nitrogens with zero attached hydrogens (tertiary/aromatic N) is 2. The van der Waals surface area contributed by atoms with E-state index in [-0.39, 0.29) is 0 Å². The van der Waals surface area contributed by atoms with E-state index in [1.165, 1.54) is 0 Å². The van der Waals surface area contributed by atoms with Gasteiger partial charge in [-0.25, -0.2) is 10.1 Å². The quantitative estimate of drug-likeness (QED) is 0.852. The summed E-state index contributed by atoms with van der Waals surface area (Å²) in [6, 6.07) is 16.1. The van der Waals surface area contributed by atoms with Crippen LogP contribution in [0.4, 0.5) is 5.69 Å². The third kappa shape index (κ3) is 2.51. The molecular weight excluding hydrogens is 276 g/mol. The standard InChI is InChI=1S/C17H20N4O/c1-17(11-21(22-2)16(19)20-17)14-7-3-5-12(9-14)13-6-4-8-15(18)10-13/h3-10H,11,18H2,1-2H3,(H2,19,20). The first-order chi connectivity index (χ1) is 10.5. The topological polar surface area (TPSA) is 76.9 Å². The lowest BCUT2D eigenvalue weighted by Gasteiger charge is -2.23. The van der Waals surface area contributed by atoms with Gasteiger partial charge in [-0.2, -0.15) is 0 Å². The number of benzene rings is 2. The van der Waals surface area contributed by atoms with Gasteiger partial charge in [-0.15, -0.1) is 0 Å². The molecule has 0 bridgehead atoms. The number of anilines is 1. The van der Waals surface area contributed by atoms with Crippen molar-refractivity contribution in [1.82, 2.24) is 5.06 Å². The minimum atomic E-state index is -0.420. The number of hydroxylamine groups is 2. The fourth-order valence-electron chi connectivity index (χ4n) is 2.77. The van der Waals surface area contributed by atoms with Gasteiger partial charge < -0.3 is 11.5 Å². The second-order valence-electron chi connectivity index (χ2n) is 5.67. The van der Waals surface area contributed by atoms with Gasteiger partial charge in [-0.3, -0.25) is 4.84 Å². The van der Waals surface area contributed by atoms with Crippen LogP contribution in [0.1, 0.15) is 12.5 Å². The highest BCUT2D eigenvalue weighted by molar-refractivity contribution is 5.80. The van der Waals surface area contributed by atoms with Gasteiger partial charge in [0, 0.05) is 5.69 Å². The Kier molecular flexibility index (Phi) is 3.50. The molecule has 0 saturated heterocycles. The van der Waals surface area contributed by atoms with E-state index in [1.807, 2.05) is 30.3 Å². The SMILES string of the molecule is CON1CC(C)(c2cccc(-c3cccc(N)c3)c2)N=C1N. The first-order valence-electron chi connectivity index (χ1n) is 7.15. The van der Waals surface area contributed by atoms with E-state index in [1.54, 1.807) is 12.2 Å². The Morgan fingerprint density at radius 1 is 1.09 bits per heavy atom. The highest BCUT2D eigenvalue weighted by Crippen LogP contribution is 2.33. The first kappa shape index (κ1) is 14.4. The average molecular weight is 296 g/mol. The Hall–Kier alpha value is -2.53. The minimum Gasteiger partial charge on any atom is -0.399 e. The van der Waals surface area contributed by atoms with E-state index in [4.69, 9.17) is 16.3 Å². The summed E-state index contributed by atoms with van der Waals surface area (Å²) >= 11 is 0. The number of hydrogen-bond acceptors (Lipinski definition) is 5. The van der Waals surface area contributed by atoms with E-state index in [2.05, 4.69) is 30.1 Å². The van der Waals surface area contributed by atoms with Gasteiger partial charge in [0.2, 0.25) is 5.96 Å². The highest BCUT2D eigenvalue weighted by atomic mass is 16.7. The maximum absolute atomic E-state index is 5.91. The van der Waals surface area contributed by atoms with Gasteiger partial charge in [0.05, 0.1) is 13.7 Å². The summed E-state index contributed by atoms with van der Waals surface area (Å²) in [5.74, 6) is 0.402. The normalized spacial score (nSPS) is 21.0. The Bertz CT molecular complexity index is 728. The van der Waals surface area contributed by atoms with E-state index in [0.717, 1.165) is 22.4 Å². The van der Waals surface area contributed by atoms with Crippen LogP contribution >= 0.6 is 0 Å². The van der Waals surface area contributed by atoms with Crippen LogP contribution in [0.3, 0.4) is 0 Å². The Labute approximate surface area is 130 Å². The molecule has 0 aromatic heterocycles. The molecule has 1 heterocycles. The van der Waals surface area contributed by atoms with E-state index < -0.39 is 5.54 Å². The van der Waals surface area contributed by atoms with E-state index in [9.17, 15) is 0 Å². The number of guanidine groups is 1. The lowest BCUT2D eigenvalue weighted by atomic mass is 9.90. The van der Waals surface area contributed by atoms with Crippen molar-refractivity contribution >= 4 is 11.6 Å². The largest absolute Gasteiger partial charge is 0.399 e. The molecule has 0 spiro atoms. The van der Waals surface area contributed by atoms with E-state index in [0.29, 0.717) is 12.5 Å². The van der Waals surface area contributed by atoms with Gasteiger partial charge in [0.25, 0.3) is 0 Å². The zero-order valence-electron chi connectivity index (χ0n) is 12.8. The third-order valence-corrected chi connectivity index (χ3v) is 3.99. The first-order valence-corrected chi connectivity index (χ1v) is 7.15. The molecule has 22 heavy (non-hydrogen) atoms. The molecular formula is C17H20N4O. The second-order valence-corrected chi connectivity index (χ2v) is 5.67. The number of nitrogen functional groups attached to an aromatic ring is 1. The molecule has 1 aliphatic heterocycles. The van der Waals surface area contributed by atoms with Crippen LogP contribution in [0.2, 0.25) is 0 Å². The maximum Gasteiger partial charge on any atom is 0.216 e. The van der Waals surface area contributed by atoms with Crippen LogP contribution in [-0.2, 0) is 10.4 Å². The molecule has 0 saturated carbocycles. The van der Waals surface area contributed by atoms with Crippen molar-refractivity contribution in [2.24, 2.45) is 10.7 Å². The molecule has 1 aliphatic rings. The summed E-state index contributed by atoms with van der Waals surface area (Å²) in [4.78, 5) is 9.80. The predicted octanol–water partition coefficient (Wildman–Crippen LogP) is 2.34. The van der Waals surface area contributed by atoms with Crippen LogP contribution in [0, 0.1) is 0 Å². The molecule has 4 N–H and O–H groups in total. The molecule has 5 nitrogen and oxygen atoms in total. The van der Waals surface area contributed by atoms with Crippen molar-refractivity contribution in [1.29, 1.82) is 0 Å². The van der Waals surface area contributed by atoms with Gasteiger partial charge in [-0.1, -0.05) is 30.3 Å². The van der Waals surface area contributed by atoms with Crippen molar-refractivity contribution in [3.8, 4) is 11.1 Å². The fourth-order valence-corrected chi connectivity index (χ4v) is 2.77. The molecule has 0 fully saturated rings. The Balaban J connectivity index is 1.99. The summed E-state index contributed by atoms with van der Waals surface area (Å²) in [6.07, 6.45) is 0. The third-order valence-electron chi connectivity index (χ3n) is 3.99. The maximum atomic E-state index is 5.91. The molecule has 5 heteroatoms. The number of aliphatic imine (C=N–C) groups is 1. The zero-order valence-corrected chi connectivity index (χ0v) is 12.8. The Morgan fingerprint density at radius 2 is 1.77 bits per heavy atom. The predicted molar refractivity (Wildman–Crippen MR) is 89.0 cm³/mol. The molecule has 1 unspecified atom stereocenters. The minimum absolute atomic E-state index is 0.402. The number of rotatable bonds is 3. The van der Waals surface area contributed by atoms with Gasteiger partial charge in [0.1, 0.15) is 5.54 Å². The molecule has 1 atom stereocenters. The summed E-state index contributed by atoms with van der Waals surface area (Å²) in [7, 11) is 1.59. The van der Waals surface area contributed by atoms with Crippen LogP contribution in [0.15, 0.2) is 53.5 Å². The summed E-state index contributed by atoms with van der Waals surface area (Å²) < 4.78 is 0. The Morgan fingerprint density at radius 3 is 2.41 bits per heavy atom. The van der Waals surface area contributed by atoms with Crippen LogP contribution in [0.25, 0.3) is 11.1 Å². The van der Waals surface area contributed by atoms with Gasteiger partial charge in [0.15, 0.2) is 0 Å². The average Bonchev–Trinajstić information content (AvgIpc) is 2.83. The molecule has 3 rings (SSSR count). The van der Waals surface area contributed by atoms with E-state index >= 15 is 0 Å². The summed E-state index contributed by atoms with van der Waals surface area (Å²) in [6.45, 7) is 2.65. The second kappa shape index (κ2) is 5.35. The van der Waals surface area contributed by atoms with Crippen molar-refractivity contribution in [2.45, 2.75) is 12.5 Å². The van der Waals surface area contributed by atoms with Gasteiger partial charge >= 0.3 is 0 Å². The fraction of sp³-hybridized carbons (Fsp3) is 0.235. The summed E-state index contributed by atoms with van der Waals surface area (Å²) in [5.41, 5.74) is 15.4. The van der Waals surface area contributed by atoms with Crippen LogP contribution in [-0.4, -0.2) is 24.7 Å². The molecule has 0 amide bonds. The molecule has 2 aromatic carbocycles. The van der Waals surface area contributed by atoms with Gasteiger partial charge in [-0.05, 0) is 41.8 Å². The smallest absolute Gasteiger partial charge is 0.216 e. The molecule has 0 aliphatic carbocycles. The van der Waals surface area contributed by atoms with Crippen molar-refractivity contribution < 1.29 is 4.84 Å².